The lowest BCUT2D eigenvalue weighted by atomic mass is 9.89. The summed E-state index contributed by atoms with van der Waals surface area (Å²) in [6, 6.07) is 0. The van der Waals surface area contributed by atoms with Gasteiger partial charge < -0.3 is 14.3 Å². The summed E-state index contributed by atoms with van der Waals surface area (Å²) in [5.74, 6) is -0.0286. The van der Waals surface area contributed by atoms with E-state index in [1.54, 1.807) is 6.92 Å². The highest BCUT2D eigenvalue weighted by molar-refractivity contribution is 5.75. The third-order valence-electron chi connectivity index (χ3n) is 3.26. The molecule has 0 aromatic rings. The summed E-state index contributed by atoms with van der Waals surface area (Å²) in [7, 11) is 0. The standard InChI is InChI=1S/C14H24O3/c1-11(2)5-7-13(8-6-12(3)15)14(4)16-9-10-17-14/h5,13H,6-10H2,1-4H3. The zero-order chi connectivity index (χ0) is 12.9. The molecule has 1 rings (SSSR count). The molecule has 0 aliphatic carbocycles. The maximum Gasteiger partial charge on any atom is 0.168 e. The van der Waals surface area contributed by atoms with Crippen LogP contribution in [-0.4, -0.2) is 24.8 Å². The monoisotopic (exact) mass is 240 g/mol. The van der Waals surface area contributed by atoms with E-state index >= 15 is 0 Å². The zero-order valence-corrected chi connectivity index (χ0v) is 11.4. The minimum atomic E-state index is -0.512. The number of rotatable bonds is 6. The van der Waals surface area contributed by atoms with Gasteiger partial charge in [-0.1, -0.05) is 11.6 Å². The van der Waals surface area contributed by atoms with E-state index in [9.17, 15) is 4.79 Å². The first kappa shape index (κ1) is 14.4. The number of ketones is 1. The molecule has 3 nitrogen and oxygen atoms in total. The van der Waals surface area contributed by atoms with Crippen molar-refractivity contribution in [2.24, 2.45) is 5.92 Å². The van der Waals surface area contributed by atoms with Crippen LogP contribution in [0.1, 0.15) is 47.0 Å². The Morgan fingerprint density at radius 3 is 2.35 bits per heavy atom. The number of hydrogen-bond acceptors (Lipinski definition) is 3. The van der Waals surface area contributed by atoms with Crippen LogP contribution < -0.4 is 0 Å². The molecular formula is C14H24O3. The van der Waals surface area contributed by atoms with Gasteiger partial charge in [-0.3, -0.25) is 0 Å². The maximum absolute atomic E-state index is 11.1. The third kappa shape index (κ3) is 4.60. The minimum Gasteiger partial charge on any atom is -0.348 e. The van der Waals surface area contributed by atoms with Gasteiger partial charge in [-0.2, -0.15) is 0 Å². The summed E-state index contributed by atoms with van der Waals surface area (Å²) in [5, 5.41) is 0. The van der Waals surface area contributed by atoms with Crippen LogP contribution in [0.4, 0.5) is 0 Å². The fraction of sp³-hybridized carbons (Fsp3) is 0.786. The molecule has 1 atom stereocenters. The van der Waals surface area contributed by atoms with Crippen molar-refractivity contribution in [1.82, 2.24) is 0 Å². The molecule has 17 heavy (non-hydrogen) atoms. The number of Topliss-reactive ketones (excluding diaryl/α,β-unsaturated/α-hetero) is 1. The van der Waals surface area contributed by atoms with Crippen molar-refractivity contribution in [3.05, 3.63) is 11.6 Å². The molecule has 1 unspecified atom stereocenters. The van der Waals surface area contributed by atoms with Gasteiger partial charge in [0.15, 0.2) is 5.79 Å². The lowest BCUT2D eigenvalue weighted by Gasteiger charge is -2.31. The number of hydrogen-bond donors (Lipinski definition) is 0. The Morgan fingerprint density at radius 2 is 1.88 bits per heavy atom. The van der Waals surface area contributed by atoms with Crippen LogP contribution in [0.15, 0.2) is 11.6 Å². The van der Waals surface area contributed by atoms with Gasteiger partial charge in [0.1, 0.15) is 5.78 Å². The van der Waals surface area contributed by atoms with Crippen LogP contribution in [0, 0.1) is 5.92 Å². The minimum absolute atomic E-state index is 0.230. The molecule has 1 saturated heterocycles. The van der Waals surface area contributed by atoms with Gasteiger partial charge in [0.05, 0.1) is 13.2 Å². The highest BCUT2D eigenvalue weighted by Crippen LogP contribution is 2.34. The van der Waals surface area contributed by atoms with Crippen molar-refractivity contribution in [2.45, 2.75) is 52.7 Å². The number of carbonyl (C=O) groups excluding carboxylic acids is 1. The average Bonchev–Trinajstić information content (AvgIpc) is 2.65. The molecule has 0 saturated carbocycles. The molecule has 3 heteroatoms. The molecule has 1 aliphatic heterocycles. The normalized spacial score (nSPS) is 20.0. The van der Waals surface area contributed by atoms with Crippen molar-refractivity contribution in [1.29, 1.82) is 0 Å². The van der Waals surface area contributed by atoms with Gasteiger partial charge in [0.2, 0.25) is 0 Å². The first-order valence-electron chi connectivity index (χ1n) is 6.35. The van der Waals surface area contributed by atoms with E-state index in [4.69, 9.17) is 9.47 Å². The second-order valence-corrected chi connectivity index (χ2v) is 5.17. The van der Waals surface area contributed by atoms with E-state index < -0.39 is 5.79 Å². The van der Waals surface area contributed by atoms with Crippen molar-refractivity contribution < 1.29 is 14.3 Å². The van der Waals surface area contributed by atoms with E-state index in [0.717, 1.165) is 12.8 Å². The van der Waals surface area contributed by atoms with Gasteiger partial charge in [-0.15, -0.1) is 0 Å². The van der Waals surface area contributed by atoms with Crippen molar-refractivity contribution >= 4 is 5.78 Å². The van der Waals surface area contributed by atoms with Gasteiger partial charge in [0, 0.05) is 12.3 Å². The number of carbonyl (C=O) groups is 1. The van der Waals surface area contributed by atoms with Crippen LogP contribution in [0.2, 0.25) is 0 Å². The second-order valence-electron chi connectivity index (χ2n) is 5.17. The van der Waals surface area contributed by atoms with E-state index in [0.29, 0.717) is 19.6 Å². The van der Waals surface area contributed by atoms with Crippen LogP contribution in [0.25, 0.3) is 0 Å². The maximum atomic E-state index is 11.1. The van der Waals surface area contributed by atoms with Crippen molar-refractivity contribution in [2.75, 3.05) is 13.2 Å². The molecule has 0 spiro atoms. The first-order valence-corrected chi connectivity index (χ1v) is 6.35. The highest BCUT2D eigenvalue weighted by Gasteiger charge is 2.38. The van der Waals surface area contributed by atoms with E-state index in [-0.39, 0.29) is 11.7 Å². The van der Waals surface area contributed by atoms with E-state index in [1.807, 2.05) is 6.92 Å². The first-order chi connectivity index (χ1) is 7.94. The Kier molecular flexibility index (Phi) is 5.34. The molecule has 0 aromatic carbocycles. The van der Waals surface area contributed by atoms with Gasteiger partial charge in [-0.25, -0.2) is 0 Å². The molecule has 0 amide bonds. The van der Waals surface area contributed by atoms with Gasteiger partial charge in [0.25, 0.3) is 0 Å². The fourth-order valence-corrected chi connectivity index (χ4v) is 2.12. The van der Waals surface area contributed by atoms with Crippen molar-refractivity contribution in [3.63, 3.8) is 0 Å². The molecule has 0 bridgehead atoms. The third-order valence-corrected chi connectivity index (χ3v) is 3.26. The highest BCUT2D eigenvalue weighted by atomic mass is 16.7. The second kappa shape index (κ2) is 6.31. The Balaban J connectivity index is 2.63. The van der Waals surface area contributed by atoms with Gasteiger partial charge in [-0.05, 0) is 40.5 Å². The Morgan fingerprint density at radius 1 is 1.29 bits per heavy atom. The molecule has 0 N–H and O–H groups in total. The summed E-state index contributed by atoms with van der Waals surface area (Å²) in [6.07, 6.45) is 4.53. The van der Waals surface area contributed by atoms with E-state index in [1.165, 1.54) is 5.57 Å². The average molecular weight is 240 g/mol. The molecular weight excluding hydrogens is 216 g/mol. The predicted octanol–water partition coefficient (Wildman–Crippen LogP) is 3.09. The van der Waals surface area contributed by atoms with E-state index in [2.05, 4.69) is 19.9 Å². The SMILES string of the molecule is CC(=O)CCC(CC=C(C)C)C1(C)OCCO1. The molecule has 98 valence electrons. The Bertz CT molecular complexity index is 284. The topological polar surface area (TPSA) is 35.5 Å². The van der Waals surface area contributed by atoms with Crippen molar-refractivity contribution in [3.8, 4) is 0 Å². The molecule has 1 aliphatic rings. The van der Waals surface area contributed by atoms with Crippen LogP contribution in [0.3, 0.4) is 0 Å². The number of ether oxygens (including phenoxy) is 2. The molecule has 0 aromatic heterocycles. The predicted molar refractivity (Wildman–Crippen MR) is 67.8 cm³/mol. The molecule has 0 radical (unpaired) electrons. The van der Waals surface area contributed by atoms with Crippen LogP contribution in [-0.2, 0) is 14.3 Å². The summed E-state index contributed by atoms with van der Waals surface area (Å²) in [5.41, 5.74) is 1.29. The summed E-state index contributed by atoms with van der Waals surface area (Å²) in [4.78, 5) is 11.1. The largest absolute Gasteiger partial charge is 0.348 e. The Labute approximate surface area is 104 Å². The molecule has 1 heterocycles. The zero-order valence-electron chi connectivity index (χ0n) is 11.4. The number of allylic oxidation sites excluding steroid dienone is 2. The van der Waals surface area contributed by atoms with Gasteiger partial charge >= 0.3 is 0 Å². The smallest absolute Gasteiger partial charge is 0.168 e. The Hall–Kier alpha value is -0.670. The lowest BCUT2D eigenvalue weighted by Crippen LogP contribution is -2.36. The summed E-state index contributed by atoms with van der Waals surface area (Å²) in [6.45, 7) is 9.10. The molecule has 1 fully saturated rings. The van der Waals surface area contributed by atoms with Crippen LogP contribution >= 0.6 is 0 Å². The fourth-order valence-electron chi connectivity index (χ4n) is 2.12. The van der Waals surface area contributed by atoms with Crippen LogP contribution in [0.5, 0.6) is 0 Å². The summed E-state index contributed by atoms with van der Waals surface area (Å²) < 4.78 is 11.4. The lowest BCUT2D eigenvalue weighted by molar-refractivity contribution is -0.182. The summed E-state index contributed by atoms with van der Waals surface area (Å²) >= 11 is 0. The quantitative estimate of drug-likeness (QED) is 0.669.